The number of halogens is 1. The minimum Gasteiger partial charge on any atom is -0.486 e. The first-order valence-electron chi connectivity index (χ1n) is 8.93. The Kier molecular flexibility index (Phi) is 5.44. The molecule has 6 heteroatoms. The van der Waals surface area contributed by atoms with Gasteiger partial charge in [-0.25, -0.2) is 9.18 Å². The molecule has 1 aliphatic rings. The minimum atomic E-state index is -0.422. The van der Waals surface area contributed by atoms with E-state index in [1.54, 1.807) is 42.2 Å². The van der Waals surface area contributed by atoms with Crippen LogP contribution in [-0.4, -0.2) is 24.5 Å². The molecule has 142 valence electrons. The Labute approximate surface area is 157 Å². The van der Waals surface area contributed by atoms with Gasteiger partial charge in [0.2, 0.25) is 5.91 Å². The third-order valence-corrected chi connectivity index (χ3v) is 4.57. The molecule has 0 aromatic heterocycles. The van der Waals surface area contributed by atoms with Crippen LogP contribution in [0.15, 0.2) is 42.5 Å². The standard InChI is InChI=1S/C21H22FNO4/c1-4-26-21(25)15-5-10-19-18(12-15)20(11-13(2)23(19)14(3)24)27-17-8-6-16(22)7-9-17/h5-10,12-13,20H,4,11H2,1-3H3. The Hall–Kier alpha value is -2.89. The van der Waals surface area contributed by atoms with Gasteiger partial charge in [-0.15, -0.1) is 0 Å². The molecule has 1 amide bonds. The molecule has 3 rings (SSSR count). The summed E-state index contributed by atoms with van der Waals surface area (Å²) in [7, 11) is 0. The predicted octanol–water partition coefficient (Wildman–Crippen LogP) is 4.27. The second-order valence-electron chi connectivity index (χ2n) is 6.53. The normalized spacial score (nSPS) is 18.6. The lowest BCUT2D eigenvalue weighted by molar-refractivity contribution is -0.117. The number of nitrogens with zero attached hydrogens (tertiary/aromatic N) is 1. The van der Waals surface area contributed by atoms with Gasteiger partial charge >= 0.3 is 5.97 Å². The number of amides is 1. The van der Waals surface area contributed by atoms with E-state index >= 15 is 0 Å². The highest BCUT2D eigenvalue weighted by Crippen LogP contribution is 2.40. The van der Waals surface area contributed by atoms with Gasteiger partial charge in [0, 0.05) is 24.9 Å². The van der Waals surface area contributed by atoms with Crippen LogP contribution in [0, 0.1) is 5.82 Å². The summed E-state index contributed by atoms with van der Waals surface area (Å²) in [5, 5.41) is 0. The molecule has 2 atom stereocenters. The van der Waals surface area contributed by atoms with Crippen molar-refractivity contribution in [1.82, 2.24) is 0 Å². The highest BCUT2D eigenvalue weighted by molar-refractivity contribution is 5.95. The highest BCUT2D eigenvalue weighted by Gasteiger charge is 2.34. The van der Waals surface area contributed by atoms with E-state index in [2.05, 4.69) is 0 Å². The van der Waals surface area contributed by atoms with Crippen LogP contribution in [0.4, 0.5) is 10.1 Å². The van der Waals surface area contributed by atoms with Crippen molar-refractivity contribution >= 4 is 17.6 Å². The molecule has 0 saturated heterocycles. The summed E-state index contributed by atoms with van der Waals surface area (Å²) >= 11 is 0. The molecule has 5 nitrogen and oxygen atoms in total. The fraction of sp³-hybridized carbons (Fsp3) is 0.333. The van der Waals surface area contributed by atoms with Crippen LogP contribution >= 0.6 is 0 Å². The van der Waals surface area contributed by atoms with Gasteiger partial charge in [0.1, 0.15) is 17.7 Å². The van der Waals surface area contributed by atoms with Crippen molar-refractivity contribution in [1.29, 1.82) is 0 Å². The van der Waals surface area contributed by atoms with Crippen LogP contribution in [0.25, 0.3) is 0 Å². The third kappa shape index (κ3) is 3.94. The van der Waals surface area contributed by atoms with Gasteiger partial charge in [-0.1, -0.05) is 0 Å². The Morgan fingerprint density at radius 3 is 2.52 bits per heavy atom. The van der Waals surface area contributed by atoms with Crippen LogP contribution in [0.5, 0.6) is 5.75 Å². The number of fused-ring (bicyclic) bond motifs is 1. The van der Waals surface area contributed by atoms with E-state index in [0.717, 1.165) is 5.56 Å². The number of esters is 1. The summed E-state index contributed by atoms with van der Waals surface area (Å²) in [6, 6.07) is 10.8. The number of carbonyl (C=O) groups is 2. The number of benzene rings is 2. The molecule has 0 radical (unpaired) electrons. The summed E-state index contributed by atoms with van der Waals surface area (Å²) in [4.78, 5) is 26.0. The lowest BCUT2D eigenvalue weighted by Gasteiger charge is -2.39. The van der Waals surface area contributed by atoms with E-state index in [1.807, 2.05) is 6.92 Å². The van der Waals surface area contributed by atoms with E-state index in [1.165, 1.54) is 19.1 Å². The SMILES string of the molecule is CCOC(=O)c1ccc2c(c1)C(Oc1ccc(F)cc1)CC(C)N2C(C)=O. The lowest BCUT2D eigenvalue weighted by Crippen LogP contribution is -2.43. The van der Waals surface area contributed by atoms with Crippen molar-refractivity contribution in [2.45, 2.75) is 39.3 Å². The Balaban J connectivity index is 2.01. The second kappa shape index (κ2) is 7.78. The molecule has 1 heterocycles. The van der Waals surface area contributed by atoms with Gasteiger partial charge in [-0.2, -0.15) is 0 Å². The largest absolute Gasteiger partial charge is 0.486 e. The van der Waals surface area contributed by atoms with Gasteiger partial charge in [0.05, 0.1) is 17.9 Å². The Bertz CT molecular complexity index is 850. The molecule has 2 aromatic rings. The van der Waals surface area contributed by atoms with E-state index < -0.39 is 5.97 Å². The molecule has 0 bridgehead atoms. The molecular formula is C21H22FNO4. The average molecular weight is 371 g/mol. The van der Waals surface area contributed by atoms with Crippen LogP contribution in [0.2, 0.25) is 0 Å². The number of carbonyl (C=O) groups excluding carboxylic acids is 2. The zero-order valence-electron chi connectivity index (χ0n) is 15.6. The molecule has 27 heavy (non-hydrogen) atoms. The Morgan fingerprint density at radius 1 is 1.19 bits per heavy atom. The first-order chi connectivity index (χ1) is 12.9. The quantitative estimate of drug-likeness (QED) is 0.753. The summed E-state index contributed by atoms with van der Waals surface area (Å²) in [5.74, 6) is -0.314. The molecule has 2 aromatic carbocycles. The van der Waals surface area contributed by atoms with Crippen molar-refractivity contribution < 1.29 is 23.5 Å². The van der Waals surface area contributed by atoms with Gasteiger partial charge < -0.3 is 14.4 Å². The van der Waals surface area contributed by atoms with Crippen molar-refractivity contribution in [3.05, 3.63) is 59.4 Å². The summed E-state index contributed by atoms with van der Waals surface area (Å²) < 4.78 is 24.3. The van der Waals surface area contributed by atoms with Gasteiger partial charge in [-0.3, -0.25) is 4.79 Å². The maximum absolute atomic E-state index is 13.2. The molecule has 0 aliphatic carbocycles. The lowest BCUT2D eigenvalue weighted by atomic mass is 9.92. The van der Waals surface area contributed by atoms with Crippen LogP contribution < -0.4 is 9.64 Å². The number of hydrogen-bond acceptors (Lipinski definition) is 4. The predicted molar refractivity (Wildman–Crippen MR) is 99.4 cm³/mol. The summed E-state index contributed by atoms with van der Waals surface area (Å²) in [6.07, 6.45) is 0.182. The van der Waals surface area contributed by atoms with Crippen LogP contribution in [0.3, 0.4) is 0 Å². The average Bonchev–Trinajstić information content (AvgIpc) is 2.63. The molecule has 0 N–H and O–H groups in total. The fourth-order valence-electron chi connectivity index (χ4n) is 3.42. The fourth-order valence-corrected chi connectivity index (χ4v) is 3.42. The van der Waals surface area contributed by atoms with Crippen molar-refractivity contribution in [3.8, 4) is 5.75 Å². The van der Waals surface area contributed by atoms with E-state index in [4.69, 9.17) is 9.47 Å². The van der Waals surface area contributed by atoms with Crippen LogP contribution in [0.1, 0.15) is 49.2 Å². The summed E-state index contributed by atoms with van der Waals surface area (Å²) in [5.41, 5.74) is 1.85. The first-order valence-corrected chi connectivity index (χ1v) is 8.93. The molecule has 1 aliphatic heterocycles. The third-order valence-electron chi connectivity index (χ3n) is 4.57. The minimum absolute atomic E-state index is 0.0751. The van der Waals surface area contributed by atoms with E-state index in [9.17, 15) is 14.0 Å². The smallest absolute Gasteiger partial charge is 0.338 e. The number of anilines is 1. The summed E-state index contributed by atoms with van der Waals surface area (Å²) in [6.45, 7) is 5.49. The zero-order chi connectivity index (χ0) is 19.6. The Morgan fingerprint density at radius 2 is 1.89 bits per heavy atom. The van der Waals surface area contributed by atoms with E-state index in [0.29, 0.717) is 23.4 Å². The molecular weight excluding hydrogens is 349 g/mol. The maximum atomic E-state index is 13.2. The molecule has 2 unspecified atom stereocenters. The highest BCUT2D eigenvalue weighted by atomic mass is 19.1. The molecule has 0 saturated carbocycles. The van der Waals surface area contributed by atoms with Crippen molar-refractivity contribution in [3.63, 3.8) is 0 Å². The topological polar surface area (TPSA) is 55.8 Å². The maximum Gasteiger partial charge on any atom is 0.338 e. The first kappa shape index (κ1) is 18.9. The van der Waals surface area contributed by atoms with Crippen molar-refractivity contribution in [2.24, 2.45) is 0 Å². The molecule has 0 spiro atoms. The van der Waals surface area contributed by atoms with E-state index in [-0.39, 0.29) is 30.5 Å². The van der Waals surface area contributed by atoms with Crippen molar-refractivity contribution in [2.75, 3.05) is 11.5 Å². The second-order valence-corrected chi connectivity index (χ2v) is 6.53. The van der Waals surface area contributed by atoms with Gasteiger partial charge in [0.25, 0.3) is 0 Å². The zero-order valence-corrected chi connectivity index (χ0v) is 15.6. The molecule has 0 fully saturated rings. The van der Waals surface area contributed by atoms with Crippen LogP contribution in [-0.2, 0) is 9.53 Å². The van der Waals surface area contributed by atoms with Gasteiger partial charge in [-0.05, 0) is 56.3 Å². The monoisotopic (exact) mass is 371 g/mol. The number of ether oxygens (including phenoxy) is 2. The van der Waals surface area contributed by atoms with Gasteiger partial charge in [0.15, 0.2) is 0 Å². The number of hydrogen-bond donors (Lipinski definition) is 0. The number of rotatable bonds is 4.